The molecule has 2 aromatic carbocycles. The van der Waals surface area contributed by atoms with Gasteiger partial charge in [-0.15, -0.1) is 0 Å². The molecule has 0 spiro atoms. The van der Waals surface area contributed by atoms with Gasteiger partial charge in [-0.25, -0.2) is 8.42 Å². The van der Waals surface area contributed by atoms with Crippen LogP contribution in [-0.2, 0) is 16.6 Å². The van der Waals surface area contributed by atoms with Crippen LogP contribution in [0.3, 0.4) is 0 Å². The van der Waals surface area contributed by atoms with Gasteiger partial charge in [0.25, 0.3) is 0 Å². The second kappa shape index (κ2) is 8.60. The van der Waals surface area contributed by atoms with Gasteiger partial charge in [-0.3, -0.25) is 4.79 Å². The van der Waals surface area contributed by atoms with Gasteiger partial charge in [0, 0.05) is 32.2 Å². The molecule has 0 aliphatic carbocycles. The van der Waals surface area contributed by atoms with Crippen molar-refractivity contribution >= 4 is 15.9 Å². The molecule has 1 aromatic heterocycles. The highest BCUT2D eigenvalue weighted by Gasteiger charge is 2.27. The van der Waals surface area contributed by atoms with Crippen LogP contribution in [0, 0.1) is 6.92 Å². The summed E-state index contributed by atoms with van der Waals surface area (Å²) in [6.45, 7) is 3.35. The Balaban J connectivity index is 1.60. The summed E-state index contributed by atoms with van der Waals surface area (Å²) in [5.74, 6) is -0.188. The number of carbonyl (C=O) groups is 1. The van der Waals surface area contributed by atoms with E-state index in [-0.39, 0.29) is 29.1 Å². The second-order valence-electron chi connectivity index (χ2n) is 7.65. The molecule has 31 heavy (non-hydrogen) atoms. The standard InChI is InChI=1S/C22H24N4O4S/c1-16-10-11-18(20-23-21(30-24-20)22(27)26-12-6-7-13-26)14-19(16)31(28,29)25(2)15-17-8-4-3-5-9-17/h3-5,8-11,14H,6-7,12-13,15H2,1-2H3. The minimum absolute atomic E-state index is 0.0805. The average molecular weight is 441 g/mol. The number of benzene rings is 2. The Labute approximate surface area is 181 Å². The van der Waals surface area contributed by atoms with Crippen molar-refractivity contribution in [1.29, 1.82) is 0 Å². The molecule has 8 nitrogen and oxygen atoms in total. The number of carbonyl (C=O) groups excluding carboxylic acids is 1. The smallest absolute Gasteiger partial charge is 0.316 e. The zero-order chi connectivity index (χ0) is 22.0. The van der Waals surface area contributed by atoms with Crippen LogP contribution in [0.4, 0.5) is 0 Å². The average Bonchev–Trinajstić information content (AvgIpc) is 3.47. The summed E-state index contributed by atoms with van der Waals surface area (Å²) in [5, 5.41) is 3.90. The highest BCUT2D eigenvalue weighted by atomic mass is 32.2. The van der Waals surface area contributed by atoms with Gasteiger partial charge in [0.2, 0.25) is 15.8 Å². The van der Waals surface area contributed by atoms with E-state index in [4.69, 9.17) is 4.52 Å². The van der Waals surface area contributed by atoms with Gasteiger partial charge in [0.15, 0.2) is 0 Å². The van der Waals surface area contributed by atoms with Crippen LogP contribution >= 0.6 is 0 Å². The molecule has 1 saturated heterocycles. The van der Waals surface area contributed by atoms with Crippen LogP contribution in [0.25, 0.3) is 11.4 Å². The summed E-state index contributed by atoms with van der Waals surface area (Å²) in [6.07, 6.45) is 1.92. The molecule has 0 bridgehead atoms. The first-order valence-corrected chi connectivity index (χ1v) is 11.5. The third kappa shape index (κ3) is 4.38. The maximum absolute atomic E-state index is 13.2. The molecule has 4 rings (SSSR count). The number of aromatic nitrogens is 2. The monoisotopic (exact) mass is 440 g/mol. The molecule has 9 heteroatoms. The van der Waals surface area contributed by atoms with E-state index in [1.807, 2.05) is 30.3 Å². The number of hydrogen-bond donors (Lipinski definition) is 0. The van der Waals surface area contributed by atoms with E-state index in [0.717, 1.165) is 18.4 Å². The lowest BCUT2D eigenvalue weighted by atomic mass is 10.1. The molecule has 0 unspecified atom stereocenters. The van der Waals surface area contributed by atoms with E-state index in [1.54, 1.807) is 31.0 Å². The molecule has 1 aliphatic rings. The lowest BCUT2D eigenvalue weighted by Gasteiger charge is -2.19. The van der Waals surface area contributed by atoms with Crippen LogP contribution in [0.15, 0.2) is 57.9 Å². The number of nitrogens with zero attached hydrogens (tertiary/aromatic N) is 4. The highest BCUT2D eigenvalue weighted by Crippen LogP contribution is 2.26. The summed E-state index contributed by atoms with van der Waals surface area (Å²) < 4.78 is 32.9. The Morgan fingerprint density at radius 2 is 1.84 bits per heavy atom. The van der Waals surface area contributed by atoms with E-state index in [0.29, 0.717) is 24.2 Å². The van der Waals surface area contributed by atoms with Gasteiger partial charge in [0.1, 0.15) is 0 Å². The number of rotatable bonds is 6. The van der Waals surface area contributed by atoms with Gasteiger partial charge in [-0.1, -0.05) is 47.6 Å². The molecule has 162 valence electrons. The largest absolute Gasteiger partial charge is 0.334 e. The molecule has 1 amide bonds. The first-order valence-electron chi connectivity index (χ1n) is 10.1. The molecular weight excluding hydrogens is 416 g/mol. The van der Waals surface area contributed by atoms with Crippen molar-refractivity contribution in [3.05, 3.63) is 65.5 Å². The Morgan fingerprint density at radius 3 is 2.55 bits per heavy atom. The quantitative estimate of drug-likeness (QED) is 0.584. The Kier molecular flexibility index (Phi) is 5.88. The van der Waals surface area contributed by atoms with Crippen molar-refractivity contribution in [2.24, 2.45) is 0 Å². The molecule has 1 aliphatic heterocycles. The van der Waals surface area contributed by atoms with Crippen LogP contribution in [0.2, 0.25) is 0 Å². The highest BCUT2D eigenvalue weighted by molar-refractivity contribution is 7.89. The fourth-order valence-electron chi connectivity index (χ4n) is 3.59. The maximum atomic E-state index is 13.2. The maximum Gasteiger partial charge on any atom is 0.316 e. The van der Waals surface area contributed by atoms with Crippen molar-refractivity contribution in [3.63, 3.8) is 0 Å². The lowest BCUT2D eigenvalue weighted by molar-refractivity contribution is 0.0743. The zero-order valence-corrected chi connectivity index (χ0v) is 18.3. The van der Waals surface area contributed by atoms with E-state index >= 15 is 0 Å². The van der Waals surface area contributed by atoms with Crippen LogP contribution < -0.4 is 0 Å². The Morgan fingerprint density at radius 1 is 1.13 bits per heavy atom. The van der Waals surface area contributed by atoms with Crippen LogP contribution in [-0.4, -0.2) is 53.8 Å². The normalized spacial score (nSPS) is 14.4. The number of likely N-dealkylation sites (tertiary alicyclic amines) is 1. The van der Waals surface area contributed by atoms with Crippen LogP contribution in [0.5, 0.6) is 0 Å². The van der Waals surface area contributed by atoms with Crippen molar-refractivity contribution < 1.29 is 17.7 Å². The summed E-state index contributed by atoms with van der Waals surface area (Å²) in [6, 6.07) is 14.4. The van der Waals surface area contributed by atoms with E-state index in [2.05, 4.69) is 10.1 Å². The number of amides is 1. The molecule has 0 N–H and O–H groups in total. The number of aryl methyl sites for hydroxylation is 1. The summed E-state index contributed by atoms with van der Waals surface area (Å²) in [7, 11) is -2.20. The lowest BCUT2D eigenvalue weighted by Crippen LogP contribution is -2.27. The van der Waals surface area contributed by atoms with Gasteiger partial charge >= 0.3 is 11.8 Å². The first kappa shape index (κ1) is 21.2. The van der Waals surface area contributed by atoms with Crippen molar-refractivity contribution in [3.8, 4) is 11.4 Å². The summed E-state index contributed by atoms with van der Waals surface area (Å²) in [5.41, 5.74) is 1.98. The van der Waals surface area contributed by atoms with Crippen molar-refractivity contribution in [2.45, 2.75) is 31.2 Å². The molecule has 0 saturated carbocycles. The zero-order valence-electron chi connectivity index (χ0n) is 17.5. The molecule has 2 heterocycles. The first-order chi connectivity index (χ1) is 14.9. The fraction of sp³-hybridized carbons (Fsp3) is 0.318. The molecule has 3 aromatic rings. The molecule has 0 radical (unpaired) electrons. The molecular formula is C22H24N4O4S. The van der Waals surface area contributed by atoms with Crippen molar-refractivity contribution in [2.75, 3.05) is 20.1 Å². The van der Waals surface area contributed by atoms with E-state index < -0.39 is 10.0 Å². The van der Waals surface area contributed by atoms with Gasteiger partial charge < -0.3 is 9.42 Å². The number of hydrogen-bond acceptors (Lipinski definition) is 6. The van der Waals surface area contributed by atoms with Crippen LogP contribution in [0.1, 0.15) is 34.7 Å². The molecule has 1 fully saturated rings. The number of sulfonamides is 1. The van der Waals surface area contributed by atoms with E-state index in [9.17, 15) is 13.2 Å². The van der Waals surface area contributed by atoms with Gasteiger partial charge in [0.05, 0.1) is 4.90 Å². The minimum Gasteiger partial charge on any atom is -0.334 e. The fourth-order valence-corrected chi connectivity index (χ4v) is 5.00. The third-order valence-electron chi connectivity index (χ3n) is 5.38. The van der Waals surface area contributed by atoms with Gasteiger partial charge in [-0.2, -0.15) is 9.29 Å². The van der Waals surface area contributed by atoms with Crippen molar-refractivity contribution in [1.82, 2.24) is 19.3 Å². The summed E-state index contributed by atoms with van der Waals surface area (Å²) >= 11 is 0. The summed E-state index contributed by atoms with van der Waals surface area (Å²) in [4.78, 5) is 18.5. The van der Waals surface area contributed by atoms with E-state index in [1.165, 1.54) is 10.4 Å². The predicted octanol–water partition coefficient (Wildman–Crippen LogP) is 3.10. The molecule has 0 atom stereocenters. The Hall–Kier alpha value is -3.04. The Bertz CT molecular complexity index is 1190. The SMILES string of the molecule is Cc1ccc(-c2noc(C(=O)N3CCCC3)n2)cc1S(=O)(=O)N(C)Cc1ccccc1. The second-order valence-corrected chi connectivity index (χ2v) is 9.66. The predicted molar refractivity (Wildman–Crippen MR) is 115 cm³/mol. The minimum atomic E-state index is -3.75. The third-order valence-corrected chi connectivity index (χ3v) is 7.33. The topological polar surface area (TPSA) is 96.6 Å². The van der Waals surface area contributed by atoms with Gasteiger partial charge in [-0.05, 0) is 37.0 Å².